The molecule has 1 aromatic heterocycles. The second-order valence-corrected chi connectivity index (χ2v) is 6.27. The zero-order valence-electron chi connectivity index (χ0n) is 11.0. The first-order valence-corrected chi connectivity index (χ1v) is 7.49. The van der Waals surface area contributed by atoms with Crippen LogP contribution in [0.4, 0.5) is 0 Å². The molecule has 0 radical (unpaired) electrons. The highest BCUT2D eigenvalue weighted by Gasteiger charge is 2.18. The standard InChI is InChI=1S/C14H18ClN3S/c1-17-6-4-10(5-7-17)9-18-13-3-2-11(15)8-12(13)16-14(18)19/h2-3,8,10H,4-7,9H2,1H3,(H,16,19). The number of fused-ring (bicyclic) bond motifs is 1. The summed E-state index contributed by atoms with van der Waals surface area (Å²) in [5.41, 5.74) is 2.19. The van der Waals surface area contributed by atoms with E-state index in [1.807, 2.05) is 12.1 Å². The number of halogens is 1. The van der Waals surface area contributed by atoms with Crippen LogP contribution in [0.3, 0.4) is 0 Å². The van der Waals surface area contributed by atoms with Crippen LogP contribution in [0.1, 0.15) is 12.8 Å². The van der Waals surface area contributed by atoms with Gasteiger partial charge in [0.25, 0.3) is 0 Å². The van der Waals surface area contributed by atoms with E-state index in [0.717, 1.165) is 33.3 Å². The molecule has 0 atom stereocenters. The SMILES string of the molecule is CN1CCC(Cn2c(=S)[nH]c3cc(Cl)ccc32)CC1. The van der Waals surface area contributed by atoms with Crippen molar-refractivity contribution in [2.75, 3.05) is 20.1 Å². The first-order valence-electron chi connectivity index (χ1n) is 6.70. The van der Waals surface area contributed by atoms with Crippen molar-refractivity contribution in [1.29, 1.82) is 0 Å². The van der Waals surface area contributed by atoms with Gasteiger partial charge in [-0.2, -0.15) is 0 Å². The number of aromatic nitrogens is 2. The van der Waals surface area contributed by atoms with Crippen LogP contribution in [0.5, 0.6) is 0 Å². The van der Waals surface area contributed by atoms with Crippen molar-refractivity contribution in [3.8, 4) is 0 Å². The van der Waals surface area contributed by atoms with E-state index in [0.29, 0.717) is 0 Å². The van der Waals surface area contributed by atoms with Crippen LogP contribution in [0.2, 0.25) is 5.02 Å². The van der Waals surface area contributed by atoms with E-state index in [1.165, 1.54) is 25.9 Å². The van der Waals surface area contributed by atoms with E-state index in [4.69, 9.17) is 23.8 Å². The number of rotatable bonds is 2. The van der Waals surface area contributed by atoms with Gasteiger partial charge < -0.3 is 14.5 Å². The van der Waals surface area contributed by atoms with Crippen molar-refractivity contribution < 1.29 is 0 Å². The van der Waals surface area contributed by atoms with Gasteiger partial charge in [-0.15, -0.1) is 0 Å². The maximum absolute atomic E-state index is 6.02. The Hall–Kier alpha value is -0.840. The van der Waals surface area contributed by atoms with Gasteiger partial charge >= 0.3 is 0 Å². The Labute approximate surface area is 123 Å². The number of nitrogens with one attached hydrogen (secondary N) is 1. The fraction of sp³-hybridized carbons (Fsp3) is 0.500. The second-order valence-electron chi connectivity index (χ2n) is 5.45. The van der Waals surface area contributed by atoms with Crippen molar-refractivity contribution in [2.45, 2.75) is 19.4 Å². The largest absolute Gasteiger partial charge is 0.331 e. The monoisotopic (exact) mass is 295 g/mol. The fourth-order valence-electron chi connectivity index (χ4n) is 2.82. The van der Waals surface area contributed by atoms with Gasteiger partial charge in [-0.3, -0.25) is 0 Å². The third-order valence-corrected chi connectivity index (χ3v) is 4.57. The Kier molecular flexibility index (Phi) is 3.65. The predicted octanol–water partition coefficient (Wildman–Crippen LogP) is 3.69. The molecule has 0 spiro atoms. The van der Waals surface area contributed by atoms with Crippen molar-refractivity contribution in [2.24, 2.45) is 5.92 Å². The van der Waals surface area contributed by atoms with Crippen LogP contribution in [0.15, 0.2) is 18.2 Å². The molecule has 1 aromatic carbocycles. The van der Waals surface area contributed by atoms with E-state index in [9.17, 15) is 0 Å². The number of benzene rings is 1. The molecule has 3 nitrogen and oxygen atoms in total. The smallest absolute Gasteiger partial charge is 0.178 e. The second kappa shape index (κ2) is 5.27. The van der Waals surface area contributed by atoms with Gasteiger partial charge in [0.15, 0.2) is 4.77 Å². The lowest BCUT2D eigenvalue weighted by Gasteiger charge is -2.29. The molecule has 3 rings (SSSR count). The number of likely N-dealkylation sites (tertiary alicyclic amines) is 1. The Morgan fingerprint density at radius 1 is 1.37 bits per heavy atom. The summed E-state index contributed by atoms with van der Waals surface area (Å²) in [7, 11) is 2.19. The molecule has 2 heterocycles. The summed E-state index contributed by atoms with van der Waals surface area (Å²) in [6.45, 7) is 3.38. The lowest BCUT2D eigenvalue weighted by molar-refractivity contribution is 0.206. The van der Waals surface area contributed by atoms with Crippen LogP contribution < -0.4 is 0 Å². The zero-order chi connectivity index (χ0) is 13.4. The Morgan fingerprint density at radius 3 is 2.84 bits per heavy atom. The number of H-pyrrole nitrogens is 1. The number of piperidine rings is 1. The molecule has 1 aliphatic rings. The summed E-state index contributed by atoms with van der Waals surface area (Å²) >= 11 is 11.5. The predicted molar refractivity (Wildman–Crippen MR) is 82.4 cm³/mol. The fourth-order valence-corrected chi connectivity index (χ4v) is 3.27. The van der Waals surface area contributed by atoms with Gasteiger partial charge in [-0.1, -0.05) is 11.6 Å². The Bertz CT molecular complexity index is 638. The maximum atomic E-state index is 6.02. The van der Waals surface area contributed by atoms with Gasteiger partial charge in [0.05, 0.1) is 11.0 Å². The average molecular weight is 296 g/mol. The minimum Gasteiger partial charge on any atom is -0.331 e. The van der Waals surface area contributed by atoms with Crippen molar-refractivity contribution in [1.82, 2.24) is 14.5 Å². The van der Waals surface area contributed by atoms with Crippen LogP contribution in [0.25, 0.3) is 11.0 Å². The van der Waals surface area contributed by atoms with Gasteiger partial charge in [0, 0.05) is 11.6 Å². The average Bonchev–Trinajstić information content (AvgIpc) is 2.68. The van der Waals surface area contributed by atoms with Gasteiger partial charge in [0.2, 0.25) is 0 Å². The van der Waals surface area contributed by atoms with Gasteiger partial charge in [0.1, 0.15) is 0 Å². The minimum atomic E-state index is 0.720. The van der Waals surface area contributed by atoms with Crippen molar-refractivity contribution in [3.63, 3.8) is 0 Å². The van der Waals surface area contributed by atoms with Crippen LogP contribution in [-0.2, 0) is 6.54 Å². The summed E-state index contributed by atoms with van der Waals surface area (Å²) in [4.78, 5) is 5.64. The van der Waals surface area contributed by atoms with Gasteiger partial charge in [-0.25, -0.2) is 0 Å². The molecule has 19 heavy (non-hydrogen) atoms. The van der Waals surface area contributed by atoms with E-state index in [2.05, 4.69) is 27.6 Å². The molecular weight excluding hydrogens is 278 g/mol. The number of hydrogen-bond donors (Lipinski definition) is 1. The molecule has 1 saturated heterocycles. The van der Waals surface area contributed by atoms with Crippen LogP contribution in [0, 0.1) is 10.7 Å². The Morgan fingerprint density at radius 2 is 2.11 bits per heavy atom. The normalized spacial score (nSPS) is 18.2. The highest BCUT2D eigenvalue weighted by atomic mass is 35.5. The molecule has 2 aromatic rings. The number of aromatic amines is 1. The highest BCUT2D eigenvalue weighted by Crippen LogP contribution is 2.23. The molecule has 1 aliphatic heterocycles. The Balaban J connectivity index is 1.88. The van der Waals surface area contributed by atoms with E-state index in [1.54, 1.807) is 0 Å². The number of nitrogens with zero attached hydrogens (tertiary/aromatic N) is 2. The third-order valence-electron chi connectivity index (χ3n) is 4.02. The molecule has 0 unspecified atom stereocenters. The molecule has 1 fully saturated rings. The highest BCUT2D eigenvalue weighted by molar-refractivity contribution is 7.71. The first-order chi connectivity index (χ1) is 9.13. The molecule has 102 valence electrons. The van der Waals surface area contributed by atoms with Gasteiger partial charge in [-0.05, 0) is 69.3 Å². The lowest BCUT2D eigenvalue weighted by atomic mass is 9.97. The van der Waals surface area contributed by atoms with Crippen LogP contribution >= 0.6 is 23.8 Å². The third kappa shape index (κ3) is 2.71. The summed E-state index contributed by atoms with van der Waals surface area (Å²) in [5, 5.41) is 0.746. The molecule has 0 bridgehead atoms. The minimum absolute atomic E-state index is 0.720. The van der Waals surface area contributed by atoms with E-state index >= 15 is 0 Å². The van der Waals surface area contributed by atoms with E-state index < -0.39 is 0 Å². The van der Waals surface area contributed by atoms with Crippen molar-refractivity contribution in [3.05, 3.63) is 28.0 Å². The summed E-state index contributed by atoms with van der Waals surface area (Å²) in [5.74, 6) is 0.720. The zero-order valence-corrected chi connectivity index (χ0v) is 12.6. The topological polar surface area (TPSA) is 24.0 Å². The summed E-state index contributed by atoms with van der Waals surface area (Å²) < 4.78 is 3.02. The van der Waals surface area contributed by atoms with E-state index in [-0.39, 0.29) is 0 Å². The molecule has 0 saturated carbocycles. The van der Waals surface area contributed by atoms with Crippen LogP contribution in [-0.4, -0.2) is 34.6 Å². The molecule has 5 heteroatoms. The molecular formula is C14H18ClN3S. The molecule has 0 amide bonds. The number of imidazole rings is 1. The lowest BCUT2D eigenvalue weighted by Crippen LogP contribution is -2.31. The van der Waals surface area contributed by atoms with Crippen molar-refractivity contribution >= 4 is 34.9 Å². The maximum Gasteiger partial charge on any atom is 0.178 e. The first kappa shape index (κ1) is 13.2. The summed E-state index contributed by atoms with van der Waals surface area (Å²) in [6.07, 6.45) is 2.50. The summed E-state index contributed by atoms with van der Waals surface area (Å²) in [6, 6.07) is 5.93. The number of hydrogen-bond acceptors (Lipinski definition) is 2. The quantitative estimate of drug-likeness (QED) is 0.854. The molecule has 0 aliphatic carbocycles. The molecule has 1 N–H and O–H groups in total.